The van der Waals surface area contributed by atoms with Crippen molar-refractivity contribution in [1.82, 2.24) is 5.32 Å². The third-order valence-corrected chi connectivity index (χ3v) is 4.52. The summed E-state index contributed by atoms with van der Waals surface area (Å²) in [5.74, 6) is -0.0807. The molecule has 6 heteroatoms. The van der Waals surface area contributed by atoms with Crippen molar-refractivity contribution in [3.63, 3.8) is 0 Å². The predicted octanol–water partition coefficient (Wildman–Crippen LogP) is 3.63. The van der Waals surface area contributed by atoms with Gasteiger partial charge in [0.15, 0.2) is 5.17 Å². The second-order valence-corrected chi connectivity index (χ2v) is 6.07. The molecule has 1 fully saturated rings. The standard InChI is InChI=1S/C16H12ClN3OS/c17-13-9-5-4-8-12(13)10-18-20-16-19-15(21)14(22-16)11-6-2-1-3-7-11/h1-10,14H,(H,19,20,21)/b18-10-/t14-/m0/s1. The Balaban J connectivity index is 1.72. The summed E-state index contributed by atoms with van der Waals surface area (Å²) in [5.41, 5.74) is 1.73. The van der Waals surface area contributed by atoms with Crippen LogP contribution in [0.15, 0.2) is 64.8 Å². The van der Waals surface area contributed by atoms with Gasteiger partial charge in [-0.1, -0.05) is 71.9 Å². The van der Waals surface area contributed by atoms with Crippen molar-refractivity contribution in [2.75, 3.05) is 0 Å². The van der Waals surface area contributed by atoms with Crippen LogP contribution in [0.1, 0.15) is 16.4 Å². The molecule has 1 atom stereocenters. The predicted molar refractivity (Wildman–Crippen MR) is 91.4 cm³/mol. The lowest BCUT2D eigenvalue weighted by molar-refractivity contribution is -0.118. The van der Waals surface area contributed by atoms with Crippen LogP contribution in [-0.4, -0.2) is 17.3 Å². The number of amidine groups is 1. The number of nitrogens with zero attached hydrogens (tertiary/aromatic N) is 2. The van der Waals surface area contributed by atoms with Crippen LogP contribution in [0, 0.1) is 0 Å². The van der Waals surface area contributed by atoms with Gasteiger partial charge in [0.25, 0.3) is 0 Å². The van der Waals surface area contributed by atoms with Crippen molar-refractivity contribution in [3.05, 3.63) is 70.7 Å². The van der Waals surface area contributed by atoms with E-state index in [4.69, 9.17) is 11.6 Å². The maximum absolute atomic E-state index is 12.0. The number of thioether (sulfide) groups is 1. The van der Waals surface area contributed by atoms with Crippen LogP contribution in [0.4, 0.5) is 0 Å². The van der Waals surface area contributed by atoms with E-state index in [1.165, 1.54) is 11.8 Å². The van der Waals surface area contributed by atoms with Crippen molar-refractivity contribution in [1.29, 1.82) is 0 Å². The van der Waals surface area contributed by atoms with Gasteiger partial charge >= 0.3 is 0 Å². The minimum absolute atomic E-state index is 0.0807. The van der Waals surface area contributed by atoms with Gasteiger partial charge in [0.2, 0.25) is 5.91 Å². The summed E-state index contributed by atoms with van der Waals surface area (Å²) in [5, 5.41) is 11.6. The molecule has 0 unspecified atom stereocenters. The summed E-state index contributed by atoms with van der Waals surface area (Å²) in [6.07, 6.45) is 1.57. The van der Waals surface area contributed by atoms with E-state index in [0.29, 0.717) is 10.2 Å². The molecule has 1 N–H and O–H groups in total. The SMILES string of the molecule is O=C1N/C(=N\N=C/c2ccccc2Cl)S[C@H]1c1ccccc1. The summed E-state index contributed by atoms with van der Waals surface area (Å²) in [6, 6.07) is 16.9. The maximum Gasteiger partial charge on any atom is 0.244 e. The molecular weight excluding hydrogens is 318 g/mol. The first-order valence-corrected chi connectivity index (χ1v) is 7.88. The van der Waals surface area contributed by atoms with E-state index >= 15 is 0 Å². The Morgan fingerprint density at radius 3 is 2.59 bits per heavy atom. The van der Waals surface area contributed by atoms with E-state index in [0.717, 1.165) is 11.1 Å². The second kappa shape index (κ2) is 6.77. The Hall–Kier alpha value is -2.11. The lowest BCUT2D eigenvalue weighted by atomic mass is 10.1. The quantitative estimate of drug-likeness (QED) is 0.690. The zero-order chi connectivity index (χ0) is 15.4. The van der Waals surface area contributed by atoms with Crippen LogP contribution in [0.25, 0.3) is 0 Å². The van der Waals surface area contributed by atoms with Crippen LogP contribution in [0.2, 0.25) is 5.02 Å². The smallest absolute Gasteiger partial charge is 0.244 e. The van der Waals surface area contributed by atoms with Crippen molar-refractivity contribution >= 4 is 40.7 Å². The van der Waals surface area contributed by atoms with Crippen molar-refractivity contribution in [2.45, 2.75) is 5.25 Å². The zero-order valence-corrected chi connectivity index (χ0v) is 13.0. The largest absolute Gasteiger partial charge is 0.302 e. The van der Waals surface area contributed by atoms with E-state index in [1.54, 1.807) is 12.3 Å². The number of nitrogens with one attached hydrogen (secondary N) is 1. The maximum atomic E-state index is 12.0. The van der Waals surface area contributed by atoms with Crippen LogP contribution >= 0.6 is 23.4 Å². The van der Waals surface area contributed by atoms with Gasteiger partial charge in [-0.3, -0.25) is 4.79 Å². The highest BCUT2D eigenvalue weighted by molar-refractivity contribution is 8.15. The Kier molecular flexibility index (Phi) is 4.56. The third kappa shape index (κ3) is 3.37. The highest BCUT2D eigenvalue weighted by Gasteiger charge is 2.31. The fraction of sp³-hybridized carbons (Fsp3) is 0.0625. The molecule has 0 saturated carbocycles. The average molecular weight is 330 g/mol. The van der Waals surface area contributed by atoms with Crippen molar-refractivity contribution in [2.24, 2.45) is 10.2 Å². The Bertz CT molecular complexity index is 746. The Labute approximate surface area is 137 Å². The fourth-order valence-electron chi connectivity index (χ4n) is 1.98. The van der Waals surface area contributed by atoms with Gasteiger partial charge in [0.05, 0.1) is 6.21 Å². The van der Waals surface area contributed by atoms with Crippen LogP contribution in [-0.2, 0) is 4.79 Å². The van der Waals surface area contributed by atoms with Gasteiger partial charge in [-0.15, -0.1) is 5.10 Å². The number of carbonyl (C=O) groups is 1. The average Bonchev–Trinajstić information content (AvgIpc) is 2.91. The molecule has 0 radical (unpaired) electrons. The van der Waals surface area contributed by atoms with E-state index in [-0.39, 0.29) is 11.2 Å². The van der Waals surface area contributed by atoms with Gasteiger partial charge < -0.3 is 5.32 Å². The van der Waals surface area contributed by atoms with Gasteiger partial charge in [0, 0.05) is 10.6 Å². The lowest BCUT2D eigenvalue weighted by Gasteiger charge is -2.03. The summed E-state index contributed by atoms with van der Waals surface area (Å²) >= 11 is 7.39. The molecule has 4 nitrogen and oxygen atoms in total. The number of halogens is 1. The Morgan fingerprint density at radius 2 is 1.82 bits per heavy atom. The van der Waals surface area contributed by atoms with Gasteiger partial charge in [-0.25, -0.2) is 0 Å². The molecule has 1 aliphatic rings. The highest BCUT2D eigenvalue weighted by Crippen LogP contribution is 2.34. The lowest BCUT2D eigenvalue weighted by Crippen LogP contribution is -2.21. The molecule has 1 amide bonds. The van der Waals surface area contributed by atoms with Gasteiger partial charge in [-0.05, 0) is 11.6 Å². The minimum Gasteiger partial charge on any atom is -0.302 e. The van der Waals surface area contributed by atoms with Crippen LogP contribution < -0.4 is 5.32 Å². The molecule has 2 aromatic carbocycles. The van der Waals surface area contributed by atoms with Crippen molar-refractivity contribution in [3.8, 4) is 0 Å². The van der Waals surface area contributed by atoms with Crippen LogP contribution in [0.3, 0.4) is 0 Å². The number of benzene rings is 2. The summed E-state index contributed by atoms with van der Waals surface area (Å²) < 4.78 is 0. The first kappa shape index (κ1) is 14.8. The van der Waals surface area contributed by atoms with Gasteiger partial charge in [0.1, 0.15) is 5.25 Å². The molecule has 0 aliphatic carbocycles. The Morgan fingerprint density at radius 1 is 1.09 bits per heavy atom. The number of hydrogen-bond donors (Lipinski definition) is 1. The van der Waals surface area contributed by atoms with Gasteiger partial charge in [-0.2, -0.15) is 5.10 Å². The molecule has 2 aromatic rings. The molecule has 22 heavy (non-hydrogen) atoms. The molecule has 0 bridgehead atoms. The summed E-state index contributed by atoms with van der Waals surface area (Å²) in [6.45, 7) is 0. The van der Waals surface area contributed by atoms with Crippen molar-refractivity contribution < 1.29 is 4.79 Å². The summed E-state index contributed by atoms with van der Waals surface area (Å²) in [4.78, 5) is 12.0. The molecule has 1 saturated heterocycles. The normalized spacial score (nSPS) is 19.8. The molecule has 1 aliphatic heterocycles. The summed E-state index contributed by atoms with van der Waals surface area (Å²) in [7, 11) is 0. The second-order valence-electron chi connectivity index (χ2n) is 4.57. The monoisotopic (exact) mass is 329 g/mol. The molecule has 3 rings (SSSR count). The van der Waals surface area contributed by atoms with E-state index in [9.17, 15) is 4.79 Å². The zero-order valence-electron chi connectivity index (χ0n) is 11.4. The molecule has 110 valence electrons. The molecule has 0 aromatic heterocycles. The molecular formula is C16H12ClN3OS. The fourth-order valence-corrected chi connectivity index (χ4v) is 3.11. The first-order chi connectivity index (χ1) is 10.7. The first-order valence-electron chi connectivity index (χ1n) is 6.62. The van der Waals surface area contributed by atoms with E-state index in [1.807, 2.05) is 48.5 Å². The number of carbonyl (C=O) groups excluding carboxylic acids is 1. The number of rotatable bonds is 3. The molecule has 1 heterocycles. The highest BCUT2D eigenvalue weighted by atomic mass is 35.5. The number of hydrogen-bond acceptors (Lipinski definition) is 4. The van der Waals surface area contributed by atoms with E-state index < -0.39 is 0 Å². The van der Waals surface area contributed by atoms with Crippen LogP contribution in [0.5, 0.6) is 0 Å². The van der Waals surface area contributed by atoms with E-state index in [2.05, 4.69) is 15.5 Å². The third-order valence-electron chi connectivity index (χ3n) is 3.05. The minimum atomic E-state index is -0.282. The number of amides is 1. The molecule has 0 spiro atoms. The topological polar surface area (TPSA) is 53.8 Å².